The van der Waals surface area contributed by atoms with E-state index in [1.54, 1.807) is 12.1 Å². The Hall–Kier alpha value is -1.39. The molecule has 5 heteroatoms. The van der Waals surface area contributed by atoms with Crippen LogP contribution in [0, 0.1) is 5.82 Å². The van der Waals surface area contributed by atoms with Crippen molar-refractivity contribution < 1.29 is 4.39 Å². The highest BCUT2D eigenvalue weighted by Gasteiger charge is 2.29. The van der Waals surface area contributed by atoms with Crippen LogP contribution in [0.4, 0.5) is 4.39 Å². The number of aromatic nitrogens is 2. The molecule has 1 saturated carbocycles. The van der Waals surface area contributed by atoms with Gasteiger partial charge in [0, 0.05) is 42.1 Å². The lowest BCUT2D eigenvalue weighted by molar-refractivity contribution is 0.244. The Kier molecular flexibility index (Phi) is 5.68. The van der Waals surface area contributed by atoms with E-state index in [-0.39, 0.29) is 5.82 Å². The number of nitrogens with zero attached hydrogens (tertiary/aromatic N) is 3. The van der Waals surface area contributed by atoms with Crippen molar-refractivity contribution in [3.8, 4) is 0 Å². The molecule has 0 aliphatic heterocycles. The van der Waals surface area contributed by atoms with Crippen LogP contribution in [0.15, 0.2) is 36.7 Å². The van der Waals surface area contributed by atoms with Crippen molar-refractivity contribution in [2.45, 2.75) is 51.2 Å². The van der Waals surface area contributed by atoms with Gasteiger partial charge in [0.05, 0.1) is 0 Å². The van der Waals surface area contributed by atoms with Crippen LogP contribution in [0.5, 0.6) is 0 Å². The van der Waals surface area contributed by atoms with Crippen LogP contribution in [-0.2, 0) is 13.1 Å². The molecule has 3 nitrogen and oxygen atoms in total. The third-order valence-electron chi connectivity index (χ3n) is 4.38. The van der Waals surface area contributed by atoms with Crippen molar-refractivity contribution >= 4 is 11.6 Å². The van der Waals surface area contributed by atoms with Gasteiger partial charge in [-0.05, 0) is 50.4 Å². The molecule has 0 radical (unpaired) electrons. The fourth-order valence-corrected chi connectivity index (χ4v) is 3.14. The summed E-state index contributed by atoms with van der Waals surface area (Å²) in [6, 6.07) is 7.49. The molecule has 0 bridgehead atoms. The highest BCUT2D eigenvalue weighted by molar-refractivity contribution is 6.31. The van der Waals surface area contributed by atoms with Crippen LogP contribution >= 0.6 is 11.6 Å². The second-order valence-corrected chi connectivity index (χ2v) is 6.64. The summed E-state index contributed by atoms with van der Waals surface area (Å²) in [4.78, 5) is 2.39. The summed E-state index contributed by atoms with van der Waals surface area (Å²) in [6.45, 7) is 2.60. The SMILES string of the molecule is Fc1cccc(Cl)c1CN(CCCCCn1cccn1)C1CC1. The monoisotopic (exact) mass is 335 g/mol. The van der Waals surface area contributed by atoms with Gasteiger partial charge in [-0.3, -0.25) is 9.58 Å². The fourth-order valence-electron chi connectivity index (χ4n) is 2.92. The summed E-state index contributed by atoms with van der Waals surface area (Å²) in [7, 11) is 0. The molecule has 0 atom stereocenters. The van der Waals surface area contributed by atoms with E-state index in [1.165, 1.54) is 18.9 Å². The van der Waals surface area contributed by atoms with Gasteiger partial charge < -0.3 is 0 Å². The Morgan fingerprint density at radius 2 is 2.09 bits per heavy atom. The molecule has 3 rings (SSSR count). The Balaban J connectivity index is 1.46. The van der Waals surface area contributed by atoms with Crippen LogP contribution < -0.4 is 0 Å². The third kappa shape index (κ3) is 4.79. The summed E-state index contributed by atoms with van der Waals surface area (Å²) in [6.07, 6.45) is 9.67. The number of unbranched alkanes of at least 4 members (excludes halogenated alkanes) is 2. The first-order chi connectivity index (χ1) is 11.2. The zero-order valence-corrected chi connectivity index (χ0v) is 14.1. The van der Waals surface area contributed by atoms with Gasteiger partial charge in [-0.25, -0.2) is 4.39 Å². The van der Waals surface area contributed by atoms with Crippen molar-refractivity contribution in [3.63, 3.8) is 0 Å². The van der Waals surface area contributed by atoms with Crippen LogP contribution in [0.1, 0.15) is 37.7 Å². The number of rotatable bonds is 9. The van der Waals surface area contributed by atoms with Gasteiger partial charge in [-0.2, -0.15) is 5.10 Å². The average Bonchev–Trinajstić information content (AvgIpc) is 3.25. The Morgan fingerprint density at radius 3 is 2.78 bits per heavy atom. The second kappa shape index (κ2) is 7.93. The quantitative estimate of drug-likeness (QED) is 0.629. The molecule has 1 aromatic carbocycles. The topological polar surface area (TPSA) is 21.1 Å². The minimum absolute atomic E-state index is 0.193. The molecule has 23 heavy (non-hydrogen) atoms. The zero-order valence-electron chi connectivity index (χ0n) is 13.3. The number of hydrogen-bond acceptors (Lipinski definition) is 2. The van der Waals surface area contributed by atoms with Crippen molar-refractivity contribution in [1.82, 2.24) is 14.7 Å². The van der Waals surface area contributed by atoms with E-state index in [0.29, 0.717) is 23.2 Å². The average molecular weight is 336 g/mol. The molecular weight excluding hydrogens is 313 g/mol. The molecule has 1 aromatic heterocycles. The zero-order chi connectivity index (χ0) is 16.1. The fraction of sp³-hybridized carbons (Fsp3) is 0.500. The van der Waals surface area contributed by atoms with E-state index in [1.807, 2.05) is 23.1 Å². The summed E-state index contributed by atoms with van der Waals surface area (Å²) in [5, 5.41) is 4.75. The van der Waals surface area contributed by atoms with Crippen LogP contribution in [0.3, 0.4) is 0 Å². The van der Waals surface area contributed by atoms with Crippen molar-refractivity contribution in [2.24, 2.45) is 0 Å². The molecular formula is C18H23ClFN3. The van der Waals surface area contributed by atoms with Gasteiger partial charge in [0.1, 0.15) is 5.82 Å². The van der Waals surface area contributed by atoms with Gasteiger partial charge in [0.15, 0.2) is 0 Å². The molecule has 1 aliphatic rings. The highest BCUT2D eigenvalue weighted by Crippen LogP contribution is 2.30. The van der Waals surface area contributed by atoms with Gasteiger partial charge in [0.2, 0.25) is 0 Å². The maximum atomic E-state index is 14.0. The van der Waals surface area contributed by atoms with Crippen molar-refractivity contribution in [2.75, 3.05) is 6.54 Å². The van der Waals surface area contributed by atoms with Crippen LogP contribution in [0.2, 0.25) is 5.02 Å². The van der Waals surface area contributed by atoms with Crippen LogP contribution in [0.25, 0.3) is 0 Å². The standard InChI is InChI=1S/C18H23ClFN3/c19-17-6-4-7-18(20)16(17)14-22(15-8-9-15)11-2-1-3-12-23-13-5-10-21-23/h4-7,10,13,15H,1-3,8-9,11-12,14H2. The van der Waals surface area contributed by atoms with Gasteiger partial charge >= 0.3 is 0 Å². The maximum absolute atomic E-state index is 14.0. The third-order valence-corrected chi connectivity index (χ3v) is 4.73. The first-order valence-corrected chi connectivity index (χ1v) is 8.76. The summed E-state index contributed by atoms with van der Waals surface area (Å²) in [5.74, 6) is -0.193. The molecule has 1 heterocycles. The lowest BCUT2D eigenvalue weighted by atomic mass is 10.1. The largest absolute Gasteiger partial charge is 0.296 e. The van der Waals surface area contributed by atoms with E-state index in [0.717, 1.165) is 32.4 Å². The molecule has 0 N–H and O–H groups in total. The minimum atomic E-state index is -0.193. The molecule has 0 saturated heterocycles. The Labute approximate surface area is 142 Å². The lowest BCUT2D eigenvalue weighted by Gasteiger charge is -2.23. The molecule has 1 fully saturated rings. The summed E-state index contributed by atoms with van der Waals surface area (Å²) >= 11 is 6.16. The smallest absolute Gasteiger partial charge is 0.129 e. The number of halogens is 2. The lowest BCUT2D eigenvalue weighted by Crippen LogP contribution is -2.27. The summed E-state index contributed by atoms with van der Waals surface area (Å²) < 4.78 is 15.9. The van der Waals surface area contributed by atoms with E-state index in [9.17, 15) is 4.39 Å². The number of hydrogen-bond donors (Lipinski definition) is 0. The van der Waals surface area contributed by atoms with Crippen LogP contribution in [-0.4, -0.2) is 27.3 Å². The molecule has 0 amide bonds. The number of benzene rings is 1. The van der Waals surface area contributed by atoms with Crippen molar-refractivity contribution in [3.05, 3.63) is 53.1 Å². The van der Waals surface area contributed by atoms with E-state index >= 15 is 0 Å². The minimum Gasteiger partial charge on any atom is -0.296 e. The van der Waals surface area contributed by atoms with Gasteiger partial charge in [0.25, 0.3) is 0 Å². The molecule has 2 aromatic rings. The van der Waals surface area contributed by atoms with Gasteiger partial charge in [-0.1, -0.05) is 24.1 Å². The Bertz CT molecular complexity index is 590. The molecule has 124 valence electrons. The van der Waals surface area contributed by atoms with E-state index in [2.05, 4.69) is 10.00 Å². The second-order valence-electron chi connectivity index (χ2n) is 6.23. The molecule has 0 spiro atoms. The van der Waals surface area contributed by atoms with Gasteiger partial charge in [-0.15, -0.1) is 0 Å². The first kappa shape index (κ1) is 16.5. The first-order valence-electron chi connectivity index (χ1n) is 8.38. The Morgan fingerprint density at radius 1 is 1.22 bits per heavy atom. The highest BCUT2D eigenvalue weighted by atomic mass is 35.5. The summed E-state index contributed by atoms with van der Waals surface area (Å²) in [5.41, 5.74) is 0.637. The molecule has 0 unspecified atom stereocenters. The normalized spacial score (nSPS) is 14.6. The van der Waals surface area contributed by atoms with E-state index in [4.69, 9.17) is 11.6 Å². The van der Waals surface area contributed by atoms with E-state index < -0.39 is 0 Å². The number of aryl methyl sites for hydroxylation is 1. The van der Waals surface area contributed by atoms with Crippen molar-refractivity contribution in [1.29, 1.82) is 0 Å². The predicted octanol–water partition coefficient (Wildman–Crippen LogP) is 4.51. The predicted molar refractivity (Wildman–Crippen MR) is 90.9 cm³/mol. The molecule has 1 aliphatic carbocycles. The maximum Gasteiger partial charge on any atom is 0.129 e.